The largest absolute Gasteiger partial charge is 0.352 e. The van der Waals surface area contributed by atoms with Gasteiger partial charge in [-0.2, -0.15) is 0 Å². The van der Waals surface area contributed by atoms with Gasteiger partial charge in [-0.25, -0.2) is 9.97 Å². The van der Waals surface area contributed by atoms with Gasteiger partial charge < -0.3 is 9.47 Å². The molecule has 0 saturated heterocycles. The Bertz CT molecular complexity index is 745. The fraction of sp³-hybridized carbons (Fsp3) is 0.250. The van der Waals surface area contributed by atoms with Crippen LogP contribution in [0, 0.1) is 6.92 Å². The lowest BCUT2D eigenvalue weighted by molar-refractivity contribution is 0.755. The Hall–Kier alpha value is -2.36. The molecule has 0 bridgehead atoms. The Morgan fingerprint density at radius 1 is 1.25 bits per heavy atom. The normalized spacial score (nSPS) is 10.9. The van der Waals surface area contributed by atoms with Gasteiger partial charge in [0.25, 0.3) is 0 Å². The molecule has 0 N–H and O–H groups in total. The first-order valence-electron chi connectivity index (χ1n) is 6.69. The van der Waals surface area contributed by atoms with Crippen LogP contribution in [0.4, 0.5) is 5.82 Å². The molecule has 3 rings (SSSR count). The molecule has 0 amide bonds. The molecule has 0 aliphatic carbocycles. The summed E-state index contributed by atoms with van der Waals surface area (Å²) in [6.45, 7) is 2.85. The van der Waals surface area contributed by atoms with E-state index in [1.165, 1.54) is 10.9 Å². The predicted molar refractivity (Wildman–Crippen MR) is 81.8 cm³/mol. The third-order valence-electron chi connectivity index (χ3n) is 3.55. The van der Waals surface area contributed by atoms with E-state index in [1.807, 2.05) is 42.2 Å². The number of para-hydroxylation sites is 1. The molecule has 0 fully saturated rings. The number of hydrogen-bond donors (Lipinski definition) is 0. The number of benzene rings is 1. The molecule has 3 aromatic rings. The highest BCUT2D eigenvalue weighted by Gasteiger charge is 2.10. The monoisotopic (exact) mass is 266 g/mol. The van der Waals surface area contributed by atoms with Crippen molar-refractivity contribution in [3.05, 3.63) is 54.1 Å². The van der Waals surface area contributed by atoms with Gasteiger partial charge in [0.15, 0.2) is 0 Å². The van der Waals surface area contributed by atoms with Crippen LogP contribution in [0.15, 0.2) is 42.7 Å². The molecule has 0 saturated carbocycles. The molecule has 0 aliphatic heterocycles. The topological polar surface area (TPSA) is 34.0 Å². The zero-order valence-corrected chi connectivity index (χ0v) is 12.0. The summed E-state index contributed by atoms with van der Waals surface area (Å²) in [7, 11) is 4.07. The molecular weight excluding hydrogens is 248 g/mol. The van der Waals surface area contributed by atoms with Crippen LogP contribution in [0.3, 0.4) is 0 Å². The maximum absolute atomic E-state index is 4.77. The van der Waals surface area contributed by atoms with Crippen molar-refractivity contribution in [2.24, 2.45) is 7.05 Å². The highest BCUT2D eigenvalue weighted by molar-refractivity contribution is 5.81. The van der Waals surface area contributed by atoms with Crippen LogP contribution >= 0.6 is 0 Å². The van der Waals surface area contributed by atoms with E-state index in [9.17, 15) is 0 Å². The number of imidazole rings is 1. The van der Waals surface area contributed by atoms with Gasteiger partial charge in [-0.3, -0.25) is 0 Å². The highest BCUT2D eigenvalue weighted by Crippen LogP contribution is 2.22. The highest BCUT2D eigenvalue weighted by atomic mass is 15.2. The fourth-order valence-corrected chi connectivity index (χ4v) is 2.43. The Morgan fingerprint density at radius 2 is 2.05 bits per heavy atom. The molecule has 0 radical (unpaired) electrons. The van der Waals surface area contributed by atoms with Crippen LogP contribution in [0.2, 0.25) is 0 Å². The number of aryl methyl sites for hydroxylation is 2. The average Bonchev–Trinajstić information content (AvgIpc) is 2.83. The van der Waals surface area contributed by atoms with Gasteiger partial charge in [0.05, 0.1) is 12.1 Å². The van der Waals surface area contributed by atoms with E-state index in [1.54, 1.807) is 0 Å². The van der Waals surface area contributed by atoms with Crippen LogP contribution in [0.1, 0.15) is 11.4 Å². The summed E-state index contributed by atoms with van der Waals surface area (Å²) >= 11 is 0. The van der Waals surface area contributed by atoms with Crippen molar-refractivity contribution in [2.45, 2.75) is 13.5 Å². The van der Waals surface area contributed by atoms with Crippen molar-refractivity contribution < 1.29 is 0 Å². The number of aromatic nitrogens is 3. The fourth-order valence-electron chi connectivity index (χ4n) is 2.43. The van der Waals surface area contributed by atoms with E-state index in [2.05, 4.69) is 36.0 Å². The van der Waals surface area contributed by atoms with Gasteiger partial charge in [-0.1, -0.05) is 18.2 Å². The summed E-state index contributed by atoms with van der Waals surface area (Å²) in [5, 5.41) is 1.18. The van der Waals surface area contributed by atoms with E-state index < -0.39 is 0 Å². The summed E-state index contributed by atoms with van der Waals surface area (Å²) in [6, 6.07) is 10.4. The van der Waals surface area contributed by atoms with Crippen LogP contribution in [-0.4, -0.2) is 21.6 Å². The molecule has 0 atom stereocenters. The van der Waals surface area contributed by atoms with Gasteiger partial charge >= 0.3 is 0 Å². The maximum atomic E-state index is 4.77. The molecule has 2 aromatic heterocycles. The lowest BCUT2D eigenvalue weighted by atomic mass is 10.1. The molecule has 0 unspecified atom stereocenters. The average molecular weight is 266 g/mol. The zero-order valence-electron chi connectivity index (χ0n) is 12.0. The summed E-state index contributed by atoms with van der Waals surface area (Å²) in [5.41, 5.74) is 2.21. The van der Waals surface area contributed by atoms with Gasteiger partial charge in [0.2, 0.25) is 0 Å². The zero-order chi connectivity index (χ0) is 14.1. The number of anilines is 1. The Labute approximate surface area is 118 Å². The first-order valence-corrected chi connectivity index (χ1v) is 6.69. The van der Waals surface area contributed by atoms with Crippen LogP contribution in [-0.2, 0) is 13.6 Å². The van der Waals surface area contributed by atoms with Crippen molar-refractivity contribution in [2.75, 3.05) is 11.9 Å². The minimum Gasteiger partial charge on any atom is -0.352 e. The number of nitrogens with zero attached hydrogens (tertiary/aromatic N) is 4. The number of rotatable bonds is 3. The van der Waals surface area contributed by atoms with Crippen LogP contribution < -0.4 is 4.90 Å². The predicted octanol–water partition coefficient (Wildman–Crippen LogP) is 2.91. The lowest BCUT2D eigenvalue weighted by Crippen LogP contribution is -2.21. The summed E-state index contributed by atoms with van der Waals surface area (Å²) in [4.78, 5) is 11.3. The lowest BCUT2D eigenvalue weighted by Gasteiger charge is -2.20. The van der Waals surface area contributed by atoms with Gasteiger partial charge in [-0.05, 0) is 24.6 Å². The van der Waals surface area contributed by atoms with Crippen molar-refractivity contribution in [3.63, 3.8) is 0 Å². The van der Waals surface area contributed by atoms with E-state index in [0.29, 0.717) is 0 Å². The summed E-state index contributed by atoms with van der Waals surface area (Å²) in [6.07, 6.45) is 3.79. The number of hydrogen-bond acceptors (Lipinski definition) is 3. The molecule has 0 spiro atoms. The first kappa shape index (κ1) is 12.7. The van der Waals surface area contributed by atoms with Crippen molar-refractivity contribution in [1.82, 2.24) is 14.5 Å². The van der Waals surface area contributed by atoms with Gasteiger partial charge in [-0.15, -0.1) is 0 Å². The maximum Gasteiger partial charge on any atom is 0.132 e. The van der Waals surface area contributed by atoms with Crippen LogP contribution in [0.5, 0.6) is 0 Å². The van der Waals surface area contributed by atoms with Gasteiger partial charge in [0.1, 0.15) is 11.6 Å². The second-order valence-electron chi connectivity index (χ2n) is 5.13. The quantitative estimate of drug-likeness (QED) is 0.731. The first-order chi connectivity index (χ1) is 9.65. The number of pyridine rings is 1. The second-order valence-corrected chi connectivity index (χ2v) is 5.13. The van der Waals surface area contributed by atoms with E-state index in [0.717, 1.165) is 23.7 Å². The molecule has 20 heavy (non-hydrogen) atoms. The second kappa shape index (κ2) is 4.96. The smallest absolute Gasteiger partial charge is 0.132 e. The van der Waals surface area contributed by atoms with Crippen molar-refractivity contribution >= 4 is 16.7 Å². The van der Waals surface area contributed by atoms with Crippen molar-refractivity contribution in [3.8, 4) is 0 Å². The Kier molecular flexibility index (Phi) is 3.14. The molecule has 4 heteroatoms. The molecule has 4 nitrogen and oxygen atoms in total. The van der Waals surface area contributed by atoms with E-state index >= 15 is 0 Å². The minimum atomic E-state index is 0.746. The molecule has 2 heterocycles. The van der Waals surface area contributed by atoms with E-state index in [-0.39, 0.29) is 0 Å². The molecular formula is C16H18N4. The Morgan fingerprint density at radius 3 is 2.80 bits per heavy atom. The van der Waals surface area contributed by atoms with Gasteiger partial charge in [0, 0.05) is 31.9 Å². The molecule has 1 aromatic carbocycles. The van der Waals surface area contributed by atoms with Crippen molar-refractivity contribution in [1.29, 1.82) is 0 Å². The SMILES string of the molecule is Cc1cc2ccccc2nc1N(C)Cc1nccn1C. The number of fused-ring (bicyclic) bond motifs is 1. The minimum absolute atomic E-state index is 0.746. The molecule has 102 valence electrons. The third kappa shape index (κ3) is 2.25. The Balaban J connectivity index is 1.96. The summed E-state index contributed by atoms with van der Waals surface area (Å²) < 4.78 is 2.03. The summed E-state index contributed by atoms with van der Waals surface area (Å²) in [5.74, 6) is 2.04. The van der Waals surface area contributed by atoms with Crippen LogP contribution in [0.25, 0.3) is 10.9 Å². The van der Waals surface area contributed by atoms with E-state index in [4.69, 9.17) is 4.98 Å². The third-order valence-corrected chi connectivity index (χ3v) is 3.55. The standard InChI is InChI=1S/C16H18N4/c1-12-10-13-6-4-5-7-14(13)18-16(12)20(3)11-15-17-8-9-19(15)2/h4-10H,11H2,1-3H3. The molecule has 0 aliphatic rings.